The van der Waals surface area contributed by atoms with E-state index in [2.05, 4.69) is 15.0 Å². The summed E-state index contributed by atoms with van der Waals surface area (Å²) in [6, 6.07) is 3.63. The number of fused-ring (bicyclic) bond motifs is 2. The average Bonchev–Trinajstić information content (AvgIpc) is 2.82. The summed E-state index contributed by atoms with van der Waals surface area (Å²) in [5.74, 6) is -0.130. The molecule has 3 heterocycles. The number of carbonyl (C=O) groups is 1. The summed E-state index contributed by atoms with van der Waals surface area (Å²) in [5, 5.41) is 3.47. The number of rotatable bonds is 4. The van der Waals surface area contributed by atoms with Crippen molar-refractivity contribution in [2.24, 2.45) is 5.92 Å². The first-order valence-corrected chi connectivity index (χ1v) is 7.36. The van der Waals surface area contributed by atoms with E-state index in [0.717, 1.165) is 25.7 Å². The largest absolute Gasteiger partial charge is 0.468 e. The van der Waals surface area contributed by atoms with Gasteiger partial charge in [-0.1, -0.05) is 0 Å². The van der Waals surface area contributed by atoms with E-state index in [1.807, 2.05) is 0 Å². The van der Waals surface area contributed by atoms with Crippen LogP contribution >= 0.6 is 0 Å². The molecule has 2 saturated heterocycles. The van der Waals surface area contributed by atoms with Crippen LogP contribution in [0, 0.1) is 5.92 Å². The molecule has 22 heavy (non-hydrogen) atoms. The highest BCUT2D eigenvalue weighted by atomic mass is 19.4. The Morgan fingerprint density at radius 2 is 1.95 bits per heavy atom. The van der Waals surface area contributed by atoms with Crippen LogP contribution in [0.3, 0.4) is 0 Å². The molecule has 1 aromatic rings. The third-order valence-corrected chi connectivity index (χ3v) is 4.25. The fraction of sp³-hybridized carbons (Fsp3) is 0.600. The summed E-state index contributed by atoms with van der Waals surface area (Å²) in [7, 11) is 0. The second-order valence-corrected chi connectivity index (χ2v) is 5.96. The molecule has 3 rings (SSSR count). The van der Waals surface area contributed by atoms with E-state index in [-0.39, 0.29) is 17.6 Å². The number of hydrogen-bond acceptors (Lipinski definition) is 4. The SMILES string of the molecule is O=C(c1ccc(OCC(F)(F)F)nc1)C1CC2CCC(C1)N2. The van der Waals surface area contributed by atoms with Crippen molar-refractivity contribution in [3.8, 4) is 5.88 Å². The van der Waals surface area contributed by atoms with Gasteiger partial charge in [0.05, 0.1) is 0 Å². The Morgan fingerprint density at radius 1 is 1.27 bits per heavy atom. The monoisotopic (exact) mass is 314 g/mol. The molecule has 1 aromatic heterocycles. The van der Waals surface area contributed by atoms with Gasteiger partial charge in [0.25, 0.3) is 0 Å². The number of hydrogen-bond donors (Lipinski definition) is 1. The fourth-order valence-electron chi connectivity index (χ4n) is 3.27. The average molecular weight is 314 g/mol. The number of ketones is 1. The zero-order valence-corrected chi connectivity index (χ0v) is 11.9. The third kappa shape index (κ3) is 3.58. The summed E-state index contributed by atoms with van der Waals surface area (Å²) in [5.41, 5.74) is 0.436. The Bertz CT molecular complexity index is 533. The molecule has 2 aliphatic heterocycles. The maximum absolute atomic E-state index is 12.5. The molecule has 2 fully saturated rings. The quantitative estimate of drug-likeness (QED) is 0.868. The van der Waals surface area contributed by atoms with E-state index in [9.17, 15) is 18.0 Å². The highest BCUT2D eigenvalue weighted by molar-refractivity contribution is 5.97. The van der Waals surface area contributed by atoms with Gasteiger partial charge in [0.2, 0.25) is 5.88 Å². The van der Waals surface area contributed by atoms with Crippen LogP contribution in [0.15, 0.2) is 18.3 Å². The van der Waals surface area contributed by atoms with Crippen molar-refractivity contribution in [2.75, 3.05) is 6.61 Å². The van der Waals surface area contributed by atoms with E-state index in [4.69, 9.17) is 0 Å². The van der Waals surface area contributed by atoms with Gasteiger partial charge in [0.15, 0.2) is 12.4 Å². The van der Waals surface area contributed by atoms with Gasteiger partial charge in [-0.25, -0.2) is 4.98 Å². The van der Waals surface area contributed by atoms with E-state index in [0.29, 0.717) is 17.6 Å². The first-order chi connectivity index (χ1) is 10.4. The summed E-state index contributed by atoms with van der Waals surface area (Å²) in [4.78, 5) is 16.3. The summed E-state index contributed by atoms with van der Waals surface area (Å²) in [6.45, 7) is -1.38. The Morgan fingerprint density at radius 3 is 2.50 bits per heavy atom. The zero-order valence-electron chi connectivity index (χ0n) is 11.9. The molecule has 7 heteroatoms. The molecule has 0 radical (unpaired) electrons. The number of halogens is 3. The number of nitrogens with one attached hydrogen (secondary N) is 1. The fourth-order valence-corrected chi connectivity index (χ4v) is 3.27. The molecule has 0 saturated carbocycles. The summed E-state index contributed by atoms with van der Waals surface area (Å²) < 4.78 is 40.7. The van der Waals surface area contributed by atoms with E-state index in [1.165, 1.54) is 18.3 Å². The molecular weight excluding hydrogens is 297 g/mol. The van der Waals surface area contributed by atoms with Crippen molar-refractivity contribution in [1.82, 2.24) is 10.3 Å². The predicted octanol–water partition coefficient (Wildman–Crippen LogP) is 2.74. The molecule has 120 valence electrons. The van der Waals surface area contributed by atoms with Gasteiger partial charge in [0.1, 0.15) is 0 Å². The topological polar surface area (TPSA) is 51.2 Å². The number of Topliss-reactive ketones (excluding diaryl/α,β-unsaturated/α-hetero) is 1. The Kier molecular flexibility index (Phi) is 4.08. The predicted molar refractivity (Wildman–Crippen MR) is 72.8 cm³/mol. The van der Waals surface area contributed by atoms with Gasteiger partial charge >= 0.3 is 6.18 Å². The normalized spacial score (nSPS) is 27.7. The minimum Gasteiger partial charge on any atom is -0.468 e. The lowest BCUT2D eigenvalue weighted by atomic mass is 9.86. The number of pyridine rings is 1. The van der Waals surface area contributed by atoms with Gasteiger partial charge < -0.3 is 10.1 Å². The van der Waals surface area contributed by atoms with Crippen LogP contribution in [-0.4, -0.2) is 35.6 Å². The molecule has 0 amide bonds. The zero-order chi connectivity index (χ0) is 15.7. The van der Waals surface area contributed by atoms with Crippen molar-refractivity contribution in [2.45, 2.75) is 43.9 Å². The van der Waals surface area contributed by atoms with E-state index < -0.39 is 12.8 Å². The third-order valence-electron chi connectivity index (χ3n) is 4.25. The smallest absolute Gasteiger partial charge is 0.422 e. The number of aromatic nitrogens is 1. The van der Waals surface area contributed by atoms with Crippen LogP contribution in [0.4, 0.5) is 13.2 Å². The van der Waals surface area contributed by atoms with Crippen LogP contribution in [0.5, 0.6) is 5.88 Å². The number of nitrogens with zero attached hydrogens (tertiary/aromatic N) is 1. The maximum atomic E-state index is 12.5. The van der Waals surface area contributed by atoms with Crippen LogP contribution in [-0.2, 0) is 0 Å². The van der Waals surface area contributed by atoms with Gasteiger partial charge in [-0.3, -0.25) is 4.79 Å². The minimum atomic E-state index is -4.40. The van der Waals surface area contributed by atoms with Crippen LogP contribution in [0.2, 0.25) is 0 Å². The number of alkyl halides is 3. The first kappa shape index (κ1) is 15.3. The van der Waals surface area contributed by atoms with Crippen LogP contribution < -0.4 is 10.1 Å². The number of carbonyl (C=O) groups excluding carboxylic acids is 1. The first-order valence-electron chi connectivity index (χ1n) is 7.36. The molecular formula is C15H17F3N2O2. The molecule has 2 unspecified atom stereocenters. The molecule has 2 aliphatic rings. The minimum absolute atomic E-state index is 0.0215. The maximum Gasteiger partial charge on any atom is 0.422 e. The Balaban J connectivity index is 1.61. The summed E-state index contributed by atoms with van der Waals surface area (Å²) >= 11 is 0. The van der Waals surface area contributed by atoms with Crippen molar-refractivity contribution >= 4 is 5.78 Å². The van der Waals surface area contributed by atoms with Crippen molar-refractivity contribution in [3.63, 3.8) is 0 Å². The second kappa shape index (κ2) is 5.87. The van der Waals surface area contributed by atoms with Gasteiger partial charge in [-0.15, -0.1) is 0 Å². The van der Waals surface area contributed by atoms with Crippen molar-refractivity contribution in [3.05, 3.63) is 23.9 Å². The standard InChI is InChI=1S/C15H17F3N2O2/c16-15(17,18)8-22-13-4-1-9(7-19-13)14(21)10-5-11-2-3-12(6-10)20-11/h1,4,7,10-12,20H,2-3,5-6,8H2. The molecule has 0 spiro atoms. The lowest BCUT2D eigenvalue weighted by molar-refractivity contribution is -0.154. The Labute approximate surface area is 126 Å². The molecule has 0 aromatic carbocycles. The lowest BCUT2D eigenvalue weighted by Gasteiger charge is -2.28. The molecule has 2 bridgehead atoms. The Hall–Kier alpha value is -1.63. The van der Waals surface area contributed by atoms with Gasteiger partial charge in [-0.05, 0) is 31.7 Å². The second-order valence-electron chi connectivity index (χ2n) is 5.96. The molecule has 4 nitrogen and oxygen atoms in total. The number of ether oxygens (including phenoxy) is 1. The van der Waals surface area contributed by atoms with E-state index >= 15 is 0 Å². The van der Waals surface area contributed by atoms with Gasteiger partial charge in [-0.2, -0.15) is 13.2 Å². The highest BCUT2D eigenvalue weighted by Gasteiger charge is 2.37. The molecule has 0 aliphatic carbocycles. The number of piperidine rings is 1. The van der Waals surface area contributed by atoms with Gasteiger partial charge in [0, 0.05) is 35.8 Å². The summed E-state index contributed by atoms with van der Waals surface area (Å²) in [6.07, 6.45) is 0.764. The highest BCUT2D eigenvalue weighted by Crippen LogP contribution is 2.32. The molecule has 1 N–H and O–H groups in total. The lowest BCUT2D eigenvalue weighted by Crippen LogP contribution is -2.40. The van der Waals surface area contributed by atoms with Crippen molar-refractivity contribution in [1.29, 1.82) is 0 Å². The van der Waals surface area contributed by atoms with Crippen molar-refractivity contribution < 1.29 is 22.7 Å². The van der Waals surface area contributed by atoms with E-state index in [1.54, 1.807) is 0 Å². The van der Waals surface area contributed by atoms with Crippen LogP contribution in [0.1, 0.15) is 36.0 Å². The van der Waals surface area contributed by atoms with Crippen LogP contribution in [0.25, 0.3) is 0 Å². The molecule has 2 atom stereocenters.